The molecule has 0 aliphatic carbocycles. The van der Waals surface area contributed by atoms with Crippen molar-refractivity contribution in [2.75, 3.05) is 26.3 Å². The Morgan fingerprint density at radius 1 is 1.19 bits per heavy atom. The summed E-state index contributed by atoms with van der Waals surface area (Å²) in [6, 6.07) is 9.78. The van der Waals surface area contributed by atoms with Crippen molar-refractivity contribution in [3.63, 3.8) is 0 Å². The summed E-state index contributed by atoms with van der Waals surface area (Å²) in [5.74, 6) is -0.441. The van der Waals surface area contributed by atoms with E-state index in [9.17, 15) is 22.4 Å². The first-order valence-electron chi connectivity index (χ1n) is 8.29. The molecule has 0 unspecified atom stereocenters. The van der Waals surface area contributed by atoms with E-state index in [-0.39, 0.29) is 31.2 Å². The number of alkyl halides is 3. The third-order valence-corrected chi connectivity index (χ3v) is 4.12. The largest absolute Gasteiger partial charge is 0.491 e. The van der Waals surface area contributed by atoms with Gasteiger partial charge in [-0.25, -0.2) is 4.39 Å². The average Bonchev–Trinajstić information content (AvgIpc) is 2.65. The van der Waals surface area contributed by atoms with Crippen LogP contribution in [0.25, 0.3) is 0 Å². The molecule has 8 heteroatoms. The quantitative estimate of drug-likeness (QED) is 0.755. The van der Waals surface area contributed by atoms with Gasteiger partial charge < -0.3 is 14.4 Å². The van der Waals surface area contributed by atoms with Gasteiger partial charge >= 0.3 is 6.18 Å². The van der Waals surface area contributed by atoms with Crippen molar-refractivity contribution in [1.29, 1.82) is 0 Å². The number of hydrogen-bond donors (Lipinski definition) is 0. The number of nitrogens with zero attached hydrogens (tertiary/aromatic N) is 1. The standard InChI is InChI=1S/C19H17F4NO3/c20-15-2-1-3-16(10-15)27-12-17-11-24(8-9-26-17)18(25)13-4-6-14(7-5-13)19(21,22)23/h1-7,10,17H,8-9,11-12H2/t17-/m1/s1. The second-order valence-corrected chi connectivity index (χ2v) is 6.09. The topological polar surface area (TPSA) is 38.8 Å². The van der Waals surface area contributed by atoms with Gasteiger partial charge in [-0.1, -0.05) is 6.07 Å². The van der Waals surface area contributed by atoms with Crippen LogP contribution in [0.5, 0.6) is 5.75 Å². The molecule has 4 nitrogen and oxygen atoms in total. The summed E-state index contributed by atoms with van der Waals surface area (Å²) in [6.07, 6.45) is -4.86. The Hall–Kier alpha value is -2.61. The lowest BCUT2D eigenvalue weighted by Crippen LogP contribution is -2.47. The minimum Gasteiger partial charge on any atom is -0.491 e. The molecule has 1 saturated heterocycles. The molecule has 2 aromatic rings. The summed E-state index contributed by atoms with van der Waals surface area (Å²) in [4.78, 5) is 14.0. The second-order valence-electron chi connectivity index (χ2n) is 6.09. The van der Waals surface area contributed by atoms with Gasteiger partial charge in [0.05, 0.1) is 18.7 Å². The van der Waals surface area contributed by atoms with E-state index in [4.69, 9.17) is 9.47 Å². The van der Waals surface area contributed by atoms with Crippen LogP contribution in [0.4, 0.5) is 17.6 Å². The van der Waals surface area contributed by atoms with Crippen molar-refractivity contribution >= 4 is 5.91 Å². The number of morpholine rings is 1. The van der Waals surface area contributed by atoms with Crippen LogP contribution >= 0.6 is 0 Å². The third kappa shape index (κ3) is 4.97. The molecule has 0 aromatic heterocycles. The van der Waals surface area contributed by atoms with Gasteiger partial charge in [-0.2, -0.15) is 13.2 Å². The molecule has 2 aromatic carbocycles. The fourth-order valence-corrected chi connectivity index (χ4v) is 2.73. The first-order valence-corrected chi connectivity index (χ1v) is 8.29. The maximum Gasteiger partial charge on any atom is 0.416 e. The molecule has 1 amide bonds. The van der Waals surface area contributed by atoms with E-state index in [1.54, 1.807) is 6.07 Å². The zero-order valence-electron chi connectivity index (χ0n) is 14.2. The smallest absolute Gasteiger partial charge is 0.416 e. The van der Waals surface area contributed by atoms with Gasteiger partial charge in [-0.05, 0) is 36.4 Å². The summed E-state index contributed by atoms with van der Waals surface area (Å²) in [5, 5.41) is 0. The summed E-state index contributed by atoms with van der Waals surface area (Å²) in [5.41, 5.74) is -0.628. The SMILES string of the molecule is O=C(c1ccc(C(F)(F)F)cc1)N1CCO[C@@H](COc2cccc(F)c2)C1. The monoisotopic (exact) mass is 383 g/mol. The first kappa shape index (κ1) is 19.2. The molecule has 0 radical (unpaired) electrons. The Morgan fingerprint density at radius 3 is 2.59 bits per heavy atom. The molecule has 3 rings (SSSR count). The van der Waals surface area contributed by atoms with Gasteiger partial charge in [0.1, 0.15) is 24.3 Å². The molecule has 1 atom stereocenters. The molecule has 1 aliphatic rings. The number of benzene rings is 2. The van der Waals surface area contributed by atoms with Gasteiger partial charge in [0.2, 0.25) is 0 Å². The minimum atomic E-state index is -4.44. The fraction of sp³-hybridized carbons (Fsp3) is 0.316. The van der Waals surface area contributed by atoms with Crippen molar-refractivity contribution in [2.45, 2.75) is 12.3 Å². The molecule has 27 heavy (non-hydrogen) atoms. The summed E-state index contributed by atoms with van der Waals surface area (Å²) >= 11 is 0. The Morgan fingerprint density at radius 2 is 1.93 bits per heavy atom. The van der Waals surface area contributed by atoms with Gasteiger partial charge in [0.15, 0.2) is 0 Å². The van der Waals surface area contributed by atoms with Gasteiger partial charge in [0.25, 0.3) is 5.91 Å². The Kier molecular flexibility index (Phi) is 5.65. The van der Waals surface area contributed by atoms with Crippen LogP contribution in [0.3, 0.4) is 0 Å². The normalized spacial score (nSPS) is 17.6. The zero-order chi connectivity index (χ0) is 19.4. The van der Waals surface area contributed by atoms with Crippen molar-refractivity contribution in [1.82, 2.24) is 4.90 Å². The highest BCUT2D eigenvalue weighted by Crippen LogP contribution is 2.29. The lowest BCUT2D eigenvalue weighted by Gasteiger charge is -2.33. The molecule has 144 valence electrons. The molecule has 0 saturated carbocycles. The van der Waals surface area contributed by atoms with E-state index in [1.165, 1.54) is 35.2 Å². The number of carbonyl (C=O) groups is 1. The number of ether oxygens (including phenoxy) is 2. The van der Waals surface area contributed by atoms with E-state index in [0.29, 0.717) is 12.3 Å². The van der Waals surface area contributed by atoms with Crippen LogP contribution in [0, 0.1) is 5.82 Å². The van der Waals surface area contributed by atoms with Crippen molar-refractivity contribution < 1.29 is 31.8 Å². The molecule has 1 fully saturated rings. The highest BCUT2D eigenvalue weighted by molar-refractivity contribution is 5.94. The van der Waals surface area contributed by atoms with Gasteiger partial charge in [-0.3, -0.25) is 4.79 Å². The van der Waals surface area contributed by atoms with Crippen LogP contribution in [0.1, 0.15) is 15.9 Å². The molecule has 0 N–H and O–H groups in total. The second kappa shape index (κ2) is 7.96. The molecule has 1 heterocycles. The number of carbonyl (C=O) groups excluding carboxylic acids is 1. The molecule has 0 bridgehead atoms. The Bertz CT molecular complexity index is 792. The highest BCUT2D eigenvalue weighted by atomic mass is 19.4. The zero-order valence-corrected chi connectivity index (χ0v) is 14.2. The Labute approximate surface area is 153 Å². The predicted molar refractivity (Wildman–Crippen MR) is 89.0 cm³/mol. The van der Waals surface area contributed by atoms with Crippen LogP contribution in [0.15, 0.2) is 48.5 Å². The number of hydrogen-bond acceptors (Lipinski definition) is 3. The average molecular weight is 383 g/mol. The number of halogens is 4. The molecule has 0 spiro atoms. The molecular formula is C19H17F4NO3. The number of amides is 1. The van der Waals surface area contributed by atoms with Crippen LogP contribution in [0.2, 0.25) is 0 Å². The minimum absolute atomic E-state index is 0.125. The van der Waals surface area contributed by atoms with Crippen molar-refractivity contribution in [2.24, 2.45) is 0 Å². The van der Waals surface area contributed by atoms with E-state index in [0.717, 1.165) is 12.1 Å². The van der Waals surface area contributed by atoms with Crippen LogP contribution in [-0.4, -0.2) is 43.2 Å². The van der Waals surface area contributed by atoms with Crippen LogP contribution in [-0.2, 0) is 10.9 Å². The van der Waals surface area contributed by atoms with Gasteiger partial charge in [-0.15, -0.1) is 0 Å². The highest BCUT2D eigenvalue weighted by Gasteiger charge is 2.31. The van der Waals surface area contributed by atoms with E-state index < -0.39 is 23.7 Å². The fourth-order valence-electron chi connectivity index (χ4n) is 2.73. The van der Waals surface area contributed by atoms with E-state index >= 15 is 0 Å². The van der Waals surface area contributed by atoms with Crippen molar-refractivity contribution in [3.8, 4) is 5.75 Å². The van der Waals surface area contributed by atoms with E-state index in [2.05, 4.69) is 0 Å². The van der Waals surface area contributed by atoms with Crippen molar-refractivity contribution in [3.05, 3.63) is 65.5 Å². The summed E-state index contributed by atoms with van der Waals surface area (Å²) in [6.45, 7) is 0.968. The summed E-state index contributed by atoms with van der Waals surface area (Å²) < 4.78 is 62.1. The predicted octanol–water partition coefficient (Wildman–Crippen LogP) is 3.76. The van der Waals surface area contributed by atoms with Crippen LogP contribution < -0.4 is 4.74 Å². The number of rotatable bonds is 4. The first-order chi connectivity index (χ1) is 12.8. The maximum absolute atomic E-state index is 13.2. The van der Waals surface area contributed by atoms with Gasteiger partial charge in [0, 0.05) is 18.2 Å². The maximum atomic E-state index is 13.2. The summed E-state index contributed by atoms with van der Waals surface area (Å²) in [7, 11) is 0. The third-order valence-electron chi connectivity index (χ3n) is 4.12. The Balaban J connectivity index is 1.59. The lowest BCUT2D eigenvalue weighted by molar-refractivity contribution is -0.137. The molecule has 1 aliphatic heterocycles. The van der Waals surface area contributed by atoms with E-state index in [1.807, 2.05) is 0 Å². The molecular weight excluding hydrogens is 366 g/mol. The lowest BCUT2D eigenvalue weighted by atomic mass is 10.1.